The largest absolute Gasteiger partial charge is 0.417 e. The first-order valence-electron chi connectivity index (χ1n) is 6.45. The number of rotatable bonds is 4. The van der Waals surface area contributed by atoms with Crippen molar-refractivity contribution in [3.8, 4) is 0 Å². The second kappa shape index (κ2) is 6.28. The van der Waals surface area contributed by atoms with Gasteiger partial charge in [-0.15, -0.1) is 11.3 Å². The quantitative estimate of drug-likeness (QED) is 0.699. The van der Waals surface area contributed by atoms with Crippen LogP contribution in [0.1, 0.15) is 30.3 Å². The minimum absolute atomic E-state index is 0.0349. The lowest BCUT2D eigenvalue weighted by Gasteiger charge is -2.23. The van der Waals surface area contributed by atoms with Crippen molar-refractivity contribution in [2.45, 2.75) is 26.1 Å². The molecule has 0 radical (unpaired) electrons. The normalized spacial score (nSPS) is 13.5. The Labute approximate surface area is 130 Å². The van der Waals surface area contributed by atoms with E-state index in [0.29, 0.717) is 5.69 Å². The topological polar surface area (TPSA) is 12.0 Å². The fourth-order valence-corrected chi connectivity index (χ4v) is 3.22. The minimum Gasteiger partial charge on any atom is -0.377 e. The van der Waals surface area contributed by atoms with Crippen LogP contribution in [0, 0.1) is 5.92 Å². The first-order valence-corrected chi connectivity index (χ1v) is 7.71. The summed E-state index contributed by atoms with van der Waals surface area (Å²) in [7, 11) is 0. The third-order valence-corrected chi connectivity index (χ3v) is 4.40. The predicted octanol–water partition coefficient (Wildman–Crippen LogP) is 6.23. The molecule has 1 heterocycles. The van der Waals surface area contributed by atoms with Crippen LogP contribution in [0.4, 0.5) is 18.9 Å². The van der Waals surface area contributed by atoms with Gasteiger partial charge in [-0.05, 0) is 35.6 Å². The fourth-order valence-electron chi connectivity index (χ4n) is 2.05. The SMILES string of the molecule is CC(C)C(Nc1ccc(Cl)c(C(F)(F)F)c1)c1cccs1. The van der Waals surface area contributed by atoms with Crippen molar-refractivity contribution in [3.05, 3.63) is 51.2 Å². The van der Waals surface area contributed by atoms with Gasteiger partial charge in [-0.25, -0.2) is 0 Å². The predicted molar refractivity (Wildman–Crippen MR) is 82.0 cm³/mol. The number of benzene rings is 1. The number of thiophene rings is 1. The summed E-state index contributed by atoms with van der Waals surface area (Å²) in [6, 6.07) is 7.78. The summed E-state index contributed by atoms with van der Waals surface area (Å²) in [6.07, 6.45) is -4.45. The molecule has 1 aromatic carbocycles. The van der Waals surface area contributed by atoms with Gasteiger partial charge < -0.3 is 5.32 Å². The van der Waals surface area contributed by atoms with Crippen LogP contribution in [0.3, 0.4) is 0 Å². The number of hydrogen-bond donors (Lipinski definition) is 1. The van der Waals surface area contributed by atoms with Crippen molar-refractivity contribution in [3.63, 3.8) is 0 Å². The Kier molecular flexibility index (Phi) is 4.84. The molecule has 1 N–H and O–H groups in total. The Morgan fingerprint density at radius 1 is 1.19 bits per heavy atom. The molecule has 2 aromatic rings. The molecular formula is C15H15ClF3NS. The van der Waals surface area contributed by atoms with E-state index in [9.17, 15) is 13.2 Å². The van der Waals surface area contributed by atoms with Crippen LogP contribution in [0.15, 0.2) is 35.7 Å². The Morgan fingerprint density at radius 2 is 1.90 bits per heavy atom. The zero-order valence-corrected chi connectivity index (χ0v) is 13.1. The molecule has 0 aliphatic heterocycles. The summed E-state index contributed by atoms with van der Waals surface area (Å²) in [4.78, 5) is 1.09. The number of hydrogen-bond acceptors (Lipinski definition) is 2. The first kappa shape index (κ1) is 16.2. The zero-order valence-electron chi connectivity index (χ0n) is 11.5. The van der Waals surface area contributed by atoms with Crippen molar-refractivity contribution < 1.29 is 13.2 Å². The van der Waals surface area contributed by atoms with Gasteiger partial charge in [0.15, 0.2) is 0 Å². The molecule has 0 amide bonds. The molecule has 0 spiro atoms. The molecule has 1 atom stereocenters. The van der Waals surface area contributed by atoms with Gasteiger partial charge in [0.25, 0.3) is 0 Å². The van der Waals surface area contributed by atoms with Crippen molar-refractivity contribution in [1.29, 1.82) is 0 Å². The molecular weight excluding hydrogens is 319 g/mol. The first-order chi connectivity index (χ1) is 9.79. The number of nitrogens with one attached hydrogen (secondary N) is 1. The van der Waals surface area contributed by atoms with Crippen molar-refractivity contribution in [2.75, 3.05) is 5.32 Å². The summed E-state index contributed by atoms with van der Waals surface area (Å²) < 4.78 is 38.7. The van der Waals surface area contributed by atoms with Crippen LogP contribution in [0.5, 0.6) is 0 Å². The van der Waals surface area contributed by atoms with Gasteiger partial charge in [-0.1, -0.05) is 31.5 Å². The van der Waals surface area contributed by atoms with Gasteiger partial charge in [0.1, 0.15) is 0 Å². The van der Waals surface area contributed by atoms with E-state index in [1.165, 1.54) is 6.07 Å². The summed E-state index contributed by atoms with van der Waals surface area (Å²) in [5, 5.41) is 4.84. The molecule has 1 unspecified atom stereocenters. The number of alkyl halides is 3. The van der Waals surface area contributed by atoms with Crippen molar-refractivity contribution >= 4 is 28.6 Å². The van der Waals surface area contributed by atoms with Crippen molar-refractivity contribution in [2.24, 2.45) is 5.92 Å². The van der Waals surface area contributed by atoms with Gasteiger partial charge in [-0.2, -0.15) is 13.2 Å². The van der Waals surface area contributed by atoms with E-state index in [1.807, 2.05) is 31.4 Å². The van der Waals surface area contributed by atoms with E-state index in [4.69, 9.17) is 11.6 Å². The third-order valence-electron chi connectivity index (χ3n) is 3.11. The van der Waals surface area contributed by atoms with E-state index in [-0.39, 0.29) is 17.0 Å². The number of halogens is 4. The van der Waals surface area contributed by atoms with Crippen LogP contribution >= 0.6 is 22.9 Å². The van der Waals surface area contributed by atoms with E-state index >= 15 is 0 Å². The van der Waals surface area contributed by atoms with Crippen LogP contribution in [-0.2, 0) is 6.18 Å². The fraction of sp³-hybridized carbons (Fsp3) is 0.333. The van der Waals surface area contributed by atoms with Crippen LogP contribution in [-0.4, -0.2) is 0 Å². The monoisotopic (exact) mass is 333 g/mol. The average Bonchev–Trinajstić information content (AvgIpc) is 2.89. The van der Waals surface area contributed by atoms with E-state index < -0.39 is 11.7 Å². The highest BCUT2D eigenvalue weighted by Gasteiger charge is 2.33. The summed E-state index contributed by atoms with van der Waals surface area (Å²) in [6.45, 7) is 4.05. The summed E-state index contributed by atoms with van der Waals surface area (Å²) in [5.74, 6) is 0.244. The summed E-state index contributed by atoms with van der Waals surface area (Å²) in [5.41, 5.74) is -0.401. The maximum absolute atomic E-state index is 12.9. The molecule has 1 nitrogen and oxygen atoms in total. The molecule has 21 heavy (non-hydrogen) atoms. The Hall–Kier alpha value is -1.20. The van der Waals surface area contributed by atoms with Crippen molar-refractivity contribution in [1.82, 2.24) is 0 Å². The third kappa shape index (κ3) is 3.92. The highest BCUT2D eigenvalue weighted by molar-refractivity contribution is 7.10. The van der Waals surface area contributed by atoms with Gasteiger partial charge in [0.2, 0.25) is 0 Å². The highest BCUT2D eigenvalue weighted by Crippen LogP contribution is 2.37. The van der Waals surface area contributed by atoms with Crippen LogP contribution in [0.2, 0.25) is 5.02 Å². The van der Waals surface area contributed by atoms with E-state index in [0.717, 1.165) is 10.9 Å². The maximum Gasteiger partial charge on any atom is 0.417 e. The van der Waals surface area contributed by atoms with Gasteiger partial charge in [0.05, 0.1) is 16.6 Å². The van der Waals surface area contributed by atoms with E-state index in [1.54, 1.807) is 17.4 Å². The van der Waals surface area contributed by atoms with Gasteiger partial charge in [-0.3, -0.25) is 0 Å². The molecule has 1 aromatic heterocycles. The zero-order chi connectivity index (χ0) is 15.6. The lowest BCUT2D eigenvalue weighted by molar-refractivity contribution is -0.137. The summed E-state index contributed by atoms with van der Waals surface area (Å²) >= 11 is 7.21. The smallest absolute Gasteiger partial charge is 0.377 e. The van der Waals surface area contributed by atoms with E-state index in [2.05, 4.69) is 5.32 Å². The Balaban J connectivity index is 2.30. The second-order valence-corrected chi connectivity index (χ2v) is 6.46. The Bertz CT molecular complexity index is 593. The lowest BCUT2D eigenvalue weighted by Crippen LogP contribution is -2.16. The molecule has 6 heteroatoms. The number of anilines is 1. The molecule has 0 aliphatic carbocycles. The Morgan fingerprint density at radius 3 is 2.43 bits per heavy atom. The molecule has 0 fully saturated rings. The molecule has 0 aliphatic rings. The molecule has 0 saturated heterocycles. The van der Waals surface area contributed by atoms with Crippen LogP contribution < -0.4 is 5.32 Å². The van der Waals surface area contributed by atoms with Gasteiger partial charge >= 0.3 is 6.18 Å². The van der Waals surface area contributed by atoms with Gasteiger partial charge in [0, 0.05) is 10.6 Å². The second-order valence-electron chi connectivity index (χ2n) is 5.07. The standard InChI is InChI=1S/C15H15ClF3NS/c1-9(2)14(13-4-3-7-21-13)20-10-5-6-12(16)11(8-10)15(17,18)19/h3-9,14,20H,1-2H3. The molecule has 2 rings (SSSR count). The molecule has 0 saturated carbocycles. The minimum atomic E-state index is -4.45. The highest BCUT2D eigenvalue weighted by atomic mass is 35.5. The average molecular weight is 334 g/mol. The van der Waals surface area contributed by atoms with Crippen LogP contribution in [0.25, 0.3) is 0 Å². The molecule has 0 bridgehead atoms. The molecule has 114 valence electrons. The lowest BCUT2D eigenvalue weighted by atomic mass is 10.0. The maximum atomic E-state index is 12.9.